The molecular formula is C20H33Cl2N3O. The van der Waals surface area contributed by atoms with Crippen molar-refractivity contribution in [3.8, 4) is 0 Å². The molecule has 0 spiro atoms. The molecule has 2 aliphatic rings. The van der Waals surface area contributed by atoms with Gasteiger partial charge in [-0.2, -0.15) is 0 Å². The molecule has 2 N–H and O–H groups in total. The zero-order valence-corrected chi connectivity index (χ0v) is 17.3. The Balaban J connectivity index is 0.00000169. The third kappa shape index (κ3) is 6.73. The van der Waals surface area contributed by atoms with Crippen LogP contribution in [0.25, 0.3) is 0 Å². The fraction of sp³-hybridized carbons (Fsp3) is 0.650. The first-order chi connectivity index (χ1) is 11.7. The van der Waals surface area contributed by atoms with Crippen LogP contribution in [0.15, 0.2) is 24.3 Å². The summed E-state index contributed by atoms with van der Waals surface area (Å²) >= 11 is 0. The van der Waals surface area contributed by atoms with Crippen molar-refractivity contribution < 1.29 is 4.79 Å². The van der Waals surface area contributed by atoms with E-state index in [-0.39, 0.29) is 30.7 Å². The summed E-state index contributed by atoms with van der Waals surface area (Å²) < 4.78 is 0. The summed E-state index contributed by atoms with van der Waals surface area (Å²) in [5.74, 6) is 0.163. The van der Waals surface area contributed by atoms with Gasteiger partial charge in [-0.05, 0) is 56.8 Å². The van der Waals surface area contributed by atoms with Crippen molar-refractivity contribution in [2.75, 3.05) is 13.1 Å². The Morgan fingerprint density at radius 2 is 1.92 bits per heavy atom. The van der Waals surface area contributed by atoms with Crippen LogP contribution in [0.3, 0.4) is 0 Å². The summed E-state index contributed by atoms with van der Waals surface area (Å²) in [7, 11) is 0. The van der Waals surface area contributed by atoms with Crippen LogP contribution in [-0.2, 0) is 17.9 Å². The lowest BCUT2D eigenvalue weighted by Crippen LogP contribution is -2.37. The second kappa shape index (κ2) is 11.8. The van der Waals surface area contributed by atoms with Crippen LogP contribution in [0.4, 0.5) is 0 Å². The van der Waals surface area contributed by atoms with Crippen LogP contribution in [0, 0.1) is 0 Å². The molecule has 6 heteroatoms. The van der Waals surface area contributed by atoms with E-state index in [0.29, 0.717) is 25.0 Å². The van der Waals surface area contributed by atoms with Crippen LogP contribution in [0.2, 0.25) is 0 Å². The summed E-state index contributed by atoms with van der Waals surface area (Å²) in [5.41, 5.74) is 2.61. The summed E-state index contributed by atoms with van der Waals surface area (Å²) in [6.07, 6.45) is 6.87. The van der Waals surface area contributed by atoms with E-state index in [1.807, 2.05) is 0 Å². The van der Waals surface area contributed by atoms with Crippen molar-refractivity contribution in [1.82, 2.24) is 15.5 Å². The smallest absolute Gasteiger partial charge is 0.221 e. The van der Waals surface area contributed by atoms with E-state index in [9.17, 15) is 4.79 Å². The van der Waals surface area contributed by atoms with Crippen molar-refractivity contribution in [3.63, 3.8) is 0 Å². The molecule has 26 heavy (non-hydrogen) atoms. The molecule has 2 atom stereocenters. The van der Waals surface area contributed by atoms with E-state index >= 15 is 0 Å². The van der Waals surface area contributed by atoms with E-state index in [1.54, 1.807) is 0 Å². The molecule has 1 amide bonds. The van der Waals surface area contributed by atoms with Crippen LogP contribution in [0.5, 0.6) is 0 Å². The van der Waals surface area contributed by atoms with Crippen molar-refractivity contribution in [1.29, 1.82) is 0 Å². The number of hydrogen-bond acceptors (Lipinski definition) is 3. The molecule has 1 aromatic carbocycles. The third-order valence-corrected chi connectivity index (χ3v) is 5.50. The third-order valence-electron chi connectivity index (χ3n) is 5.50. The Hall–Kier alpha value is -0.810. The lowest BCUT2D eigenvalue weighted by atomic mass is 10.0. The Bertz CT molecular complexity index is 550. The Labute approximate surface area is 170 Å². The average molecular weight is 402 g/mol. The molecule has 0 aliphatic carbocycles. The van der Waals surface area contributed by atoms with Gasteiger partial charge in [0.15, 0.2) is 0 Å². The van der Waals surface area contributed by atoms with Crippen molar-refractivity contribution >= 4 is 30.7 Å². The van der Waals surface area contributed by atoms with E-state index in [0.717, 1.165) is 19.5 Å². The number of carbonyl (C=O) groups excluding carboxylic acids is 1. The number of amides is 1. The summed E-state index contributed by atoms with van der Waals surface area (Å²) in [6, 6.07) is 9.57. The molecule has 148 valence electrons. The number of halogens is 2. The normalized spacial score (nSPS) is 23.0. The monoisotopic (exact) mass is 401 g/mol. The van der Waals surface area contributed by atoms with E-state index in [2.05, 4.69) is 46.7 Å². The van der Waals surface area contributed by atoms with Gasteiger partial charge in [-0.1, -0.05) is 30.7 Å². The van der Waals surface area contributed by atoms with Gasteiger partial charge in [0, 0.05) is 31.6 Å². The Kier molecular flexibility index (Phi) is 10.6. The van der Waals surface area contributed by atoms with Gasteiger partial charge in [-0.3, -0.25) is 9.69 Å². The number of piperidine rings is 1. The Morgan fingerprint density at radius 1 is 1.15 bits per heavy atom. The number of benzene rings is 1. The van der Waals surface area contributed by atoms with Gasteiger partial charge >= 0.3 is 0 Å². The molecule has 2 unspecified atom stereocenters. The van der Waals surface area contributed by atoms with Crippen molar-refractivity contribution in [2.24, 2.45) is 0 Å². The van der Waals surface area contributed by atoms with E-state index < -0.39 is 0 Å². The maximum absolute atomic E-state index is 12.2. The molecular weight excluding hydrogens is 369 g/mol. The number of nitrogens with one attached hydrogen (secondary N) is 2. The molecule has 2 saturated heterocycles. The van der Waals surface area contributed by atoms with Crippen LogP contribution in [-0.4, -0.2) is 36.0 Å². The molecule has 2 fully saturated rings. The van der Waals surface area contributed by atoms with Gasteiger partial charge in [0.05, 0.1) is 0 Å². The molecule has 2 aliphatic heterocycles. The van der Waals surface area contributed by atoms with Crippen molar-refractivity contribution in [3.05, 3.63) is 35.4 Å². The topological polar surface area (TPSA) is 44.4 Å². The molecule has 0 saturated carbocycles. The van der Waals surface area contributed by atoms with Crippen LogP contribution < -0.4 is 10.6 Å². The molecule has 3 rings (SSSR count). The minimum Gasteiger partial charge on any atom is -0.352 e. The maximum Gasteiger partial charge on any atom is 0.221 e. The number of nitrogens with zero attached hydrogens (tertiary/aromatic N) is 1. The highest BCUT2D eigenvalue weighted by atomic mass is 35.5. The highest BCUT2D eigenvalue weighted by molar-refractivity contribution is 5.85. The van der Waals surface area contributed by atoms with Gasteiger partial charge in [0.25, 0.3) is 0 Å². The van der Waals surface area contributed by atoms with Gasteiger partial charge < -0.3 is 10.6 Å². The summed E-state index contributed by atoms with van der Waals surface area (Å²) in [4.78, 5) is 14.7. The average Bonchev–Trinajstić information content (AvgIpc) is 3.09. The summed E-state index contributed by atoms with van der Waals surface area (Å²) in [5, 5.41) is 6.51. The van der Waals surface area contributed by atoms with Gasteiger partial charge in [-0.15, -0.1) is 24.8 Å². The predicted octanol–water partition coefficient (Wildman–Crippen LogP) is 3.66. The minimum atomic E-state index is 0. The lowest BCUT2D eigenvalue weighted by molar-refractivity contribution is -0.121. The van der Waals surface area contributed by atoms with Crippen molar-refractivity contribution in [2.45, 2.75) is 70.6 Å². The fourth-order valence-electron chi connectivity index (χ4n) is 3.92. The number of hydrogen-bond donors (Lipinski definition) is 2. The minimum absolute atomic E-state index is 0. The van der Waals surface area contributed by atoms with E-state index in [4.69, 9.17) is 0 Å². The first-order valence-corrected chi connectivity index (χ1v) is 9.53. The summed E-state index contributed by atoms with van der Waals surface area (Å²) in [6.45, 7) is 6.21. The predicted molar refractivity (Wildman–Crippen MR) is 112 cm³/mol. The highest BCUT2D eigenvalue weighted by Crippen LogP contribution is 2.21. The first kappa shape index (κ1) is 23.2. The standard InChI is InChI=1S/C20H31N3O.2ClH/c1-16-7-4-5-12-23(16)15-18-9-3-2-8-17(18)14-22-20(24)13-19-10-6-11-21-19;;/h2-3,8-9,16,19,21H,4-7,10-15H2,1H3,(H,22,24);2*1H. The molecule has 2 heterocycles. The first-order valence-electron chi connectivity index (χ1n) is 9.53. The lowest BCUT2D eigenvalue weighted by Gasteiger charge is -2.33. The zero-order valence-electron chi connectivity index (χ0n) is 15.7. The number of likely N-dealkylation sites (tertiary alicyclic amines) is 1. The second-order valence-corrected chi connectivity index (χ2v) is 7.36. The Morgan fingerprint density at radius 3 is 2.62 bits per heavy atom. The molecule has 4 nitrogen and oxygen atoms in total. The fourth-order valence-corrected chi connectivity index (χ4v) is 3.92. The number of rotatable bonds is 6. The molecule has 0 bridgehead atoms. The number of carbonyl (C=O) groups is 1. The molecule has 1 aromatic rings. The van der Waals surface area contributed by atoms with Gasteiger partial charge in [0.2, 0.25) is 5.91 Å². The maximum atomic E-state index is 12.2. The van der Waals surface area contributed by atoms with Gasteiger partial charge in [-0.25, -0.2) is 0 Å². The largest absolute Gasteiger partial charge is 0.352 e. The van der Waals surface area contributed by atoms with Gasteiger partial charge in [0.1, 0.15) is 0 Å². The molecule has 0 radical (unpaired) electrons. The van der Waals surface area contributed by atoms with E-state index in [1.165, 1.54) is 43.4 Å². The zero-order chi connectivity index (χ0) is 16.8. The molecule has 0 aromatic heterocycles. The van der Waals surface area contributed by atoms with Crippen LogP contribution >= 0.6 is 24.8 Å². The second-order valence-electron chi connectivity index (χ2n) is 7.36. The highest BCUT2D eigenvalue weighted by Gasteiger charge is 2.20. The van der Waals surface area contributed by atoms with Crippen LogP contribution in [0.1, 0.15) is 56.6 Å². The SMILES string of the molecule is CC1CCCCN1Cc1ccccc1CNC(=O)CC1CCCN1.Cl.Cl. The quantitative estimate of drug-likeness (QED) is 0.763.